The summed E-state index contributed by atoms with van der Waals surface area (Å²) in [6.45, 7) is 3.94. The second kappa shape index (κ2) is 13.3. The summed E-state index contributed by atoms with van der Waals surface area (Å²) in [6, 6.07) is 0. The molecule has 2 atom stereocenters. The molecule has 0 heterocycles. The van der Waals surface area contributed by atoms with E-state index in [0.29, 0.717) is 12.8 Å². The zero-order chi connectivity index (χ0) is 16.8. The van der Waals surface area contributed by atoms with Gasteiger partial charge in [-0.15, -0.1) is 0 Å². The second-order valence-corrected chi connectivity index (χ2v) is 8.23. The number of hydrogen-bond donors (Lipinski definition) is 2. The van der Waals surface area contributed by atoms with Crippen molar-refractivity contribution in [3.05, 3.63) is 0 Å². The average Bonchev–Trinajstić information content (AvgIpc) is 2.42. The van der Waals surface area contributed by atoms with Gasteiger partial charge >= 0.3 is 0 Å². The maximum atomic E-state index is 11.4. The second-order valence-electron chi connectivity index (χ2n) is 6.53. The molecule has 0 rings (SSSR count). The van der Waals surface area contributed by atoms with E-state index >= 15 is 0 Å². The van der Waals surface area contributed by atoms with Gasteiger partial charge in [0.25, 0.3) is 10.1 Å². The van der Waals surface area contributed by atoms with Crippen molar-refractivity contribution in [1.29, 1.82) is 0 Å². The third-order valence-corrected chi connectivity index (χ3v) is 5.51. The Bertz CT molecular complexity index is 339. The van der Waals surface area contributed by atoms with Gasteiger partial charge in [-0.25, -0.2) is 0 Å². The van der Waals surface area contributed by atoms with E-state index in [2.05, 4.69) is 6.92 Å². The van der Waals surface area contributed by atoms with Crippen LogP contribution < -0.4 is 0 Å². The summed E-state index contributed by atoms with van der Waals surface area (Å²) in [7, 11) is -3.89. The molecule has 4 nitrogen and oxygen atoms in total. The Kier molecular flexibility index (Phi) is 13.2. The molecule has 0 aliphatic heterocycles. The Balaban J connectivity index is 3.72. The third-order valence-electron chi connectivity index (χ3n) is 4.20. The molecule has 0 aliphatic carbocycles. The summed E-state index contributed by atoms with van der Waals surface area (Å²) < 4.78 is 32.1. The molecule has 0 bridgehead atoms. The molecule has 0 aromatic heterocycles. The van der Waals surface area contributed by atoms with Crippen molar-refractivity contribution >= 4 is 10.1 Å². The van der Waals surface area contributed by atoms with Crippen LogP contribution in [-0.2, 0) is 10.1 Å². The van der Waals surface area contributed by atoms with E-state index in [4.69, 9.17) is 5.11 Å². The molecule has 22 heavy (non-hydrogen) atoms. The molecule has 134 valence electrons. The molecule has 0 amide bonds. The molecule has 0 spiro atoms. The molecule has 0 radical (unpaired) electrons. The first-order chi connectivity index (χ1) is 10.4. The molecular weight excluding hydrogens is 300 g/mol. The number of aliphatic hydroxyl groups is 1. The van der Waals surface area contributed by atoms with Crippen molar-refractivity contribution in [2.45, 2.75) is 109 Å². The third kappa shape index (κ3) is 13.5. The zero-order valence-corrected chi connectivity index (χ0v) is 15.3. The van der Waals surface area contributed by atoms with Crippen LogP contribution in [0.3, 0.4) is 0 Å². The lowest BCUT2D eigenvalue weighted by Gasteiger charge is -2.13. The lowest BCUT2D eigenvalue weighted by atomic mass is 10.0. The van der Waals surface area contributed by atoms with Gasteiger partial charge in [0.05, 0.1) is 11.4 Å². The Morgan fingerprint density at radius 3 is 1.59 bits per heavy atom. The predicted octanol–water partition coefficient (Wildman–Crippen LogP) is 4.71. The zero-order valence-electron chi connectivity index (χ0n) is 14.5. The molecule has 0 fully saturated rings. The van der Waals surface area contributed by atoms with E-state index in [-0.39, 0.29) is 6.10 Å². The van der Waals surface area contributed by atoms with E-state index in [0.717, 1.165) is 70.6 Å². The molecule has 0 aromatic rings. The van der Waals surface area contributed by atoms with Crippen LogP contribution in [0.2, 0.25) is 0 Å². The fourth-order valence-electron chi connectivity index (χ4n) is 2.76. The number of unbranched alkanes of at least 4 members (excludes halogenated alkanes) is 8. The lowest BCUT2D eigenvalue weighted by molar-refractivity contribution is 0.180. The summed E-state index contributed by atoms with van der Waals surface area (Å²) in [6.07, 6.45) is 12.3. The van der Waals surface area contributed by atoms with E-state index in [1.54, 1.807) is 0 Å². The Labute approximate surface area is 137 Å². The van der Waals surface area contributed by atoms with Gasteiger partial charge in [-0.05, 0) is 26.2 Å². The van der Waals surface area contributed by atoms with Gasteiger partial charge in [0.1, 0.15) is 0 Å². The number of rotatable bonds is 15. The van der Waals surface area contributed by atoms with Crippen LogP contribution in [0.15, 0.2) is 0 Å². The lowest BCUT2D eigenvalue weighted by Crippen LogP contribution is -2.20. The summed E-state index contributed by atoms with van der Waals surface area (Å²) in [5.74, 6) is 0. The quantitative estimate of drug-likeness (QED) is 0.335. The Hall–Kier alpha value is -0.130. The van der Waals surface area contributed by atoms with Crippen molar-refractivity contribution in [3.63, 3.8) is 0 Å². The fourth-order valence-corrected chi connectivity index (χ4v) is 3.69. The van der Waals surface area contributed by atoms with Gasteiger partial charge in [0.15, 0.2) is 0 Å². The van der Waals surface area contributed by atoms with E-state index in [1.165, 1.54) is 0 Å². The number of hydrogen-bond acceptors (Lipinski definition) is 3. The maximum absolute atomic E-state index is 11.4. The summed E-state index contributed by atoms with van der Waals surface area (Å²) in [4.78, 5) is 0. The highest BCUT2D eigenvalue weighted by molar-refractivity contribution is 7.86. The van der Waals surface area contributed by atoms with Crippen molar-refractivity contribution in [2.75, 3.05) is 0 Å². The van der Waals surface area contributed by atoms with E-state index < -0.39 is 15.4 Å². The Morgan fingerprint density at radius 2 is 1.18 bits per heavy atom. The molecule has 2 N–H and O–H groups in total. The molecule has 2 unspecified atom stereocenters. The van der Waals surface area contributed by atoms with Gasteiger partial charge in [-0.2, -0.15) is 8.42 Å². The smallest absolute Gasteiger partial charge is 0.267 e. The standard InChI is InChI=1S/C17H36O4S/c1-3-4-5-11-14-17(22(19,20)21)15-12-9-7-6-8-10-13-16(2)18/h16-18H,3-15H2,1-2H3,(H,19,20,21). The minimum atomic E-state index is -3.89. The van der Waals surface area contributed by atoms with Gasteiger partial charge in [0.2, 0.25) is 0 Å². The van der Waals surface area contributed by atoms with E-state index in [1.807, 2.05) is 6.92 Å². The first-order valence-corrected chi connectivity index (χ1v) is 10.5. The highest BCUT2D eigenvalue weighted by Crippen LogP contribution is 2.18. The number of aliphatic hydroxyl groups excluding tert-OH is 1. The van der Waals surface area contributed by atoms with Crippen molar-refractivity contribution in [2.24, 2.45) is 0 Å². The van der Waals surface area contributed by atoms with Crippen molar-refractivity contribution < 1.29 is 18.1 Å². The topological polar surface area (TPSA) is 74.6 Å². The van der Waals surface area contributed by atoms with Crippen LogP contribution >= 0.6 is 0 Å². The van der Waals surface area contributed by atoms with Crippen LogP contribution in [0.25, 0.3) is 0 Å². The van der Waals surface area contributed by atoms with Crippen LogP contribution in [0, 0.1) is 0 Å². The average molecular weight is 337 g/mol. The van der Waals surface area contributed by atoms with Gasteiger partial charge in [-0.3, -0.25) is 4.55 Å². The summed E-state index contributed by atoms with van der Waals surface area (Å²) >= 11 is 0. The largest absolute Gasteiger partial charge is 0.393 e. The van der Waals surface area contributed by atoms with E-state index in [9.17, 15) is 13.0 Å². The molecular formula is C17H36O4S. The van der Waals surface area contributed by atoms with Crippen LogP contribution in [0.1, 0.15) is 97.3 Å². The first kappa shape index (κ1) is 21.9. The van der Waals surface area contributed by atoms with Gasteiger partial charge in [-0.1, -0.05) is 71.1 Å². The normalized spacial score (nSPS) is 14.9. The van der Waals surface area contributed by atoms with Crippen LogP contribution in [0.4, 0.5) is 0 Å². The minimum Gasteiger partial charge on any atom is -0.393 e. The highest BCUT2D eigenvalue weighted by Gasteiger charge is 2.21. The van der Waals surface area contributed by atoms with Gasteiger partial charge < -0.3 is 5.11 Å². The predicted molar refractivity (Wildman–Crippen MR) is 92.7 cm³/mol. The maximum Gasteiger partial charge on any atom is 0.267 e. The molecule has 5 heteroatoms. The van der Waals surface area contributed by atoms with Gasteiger partial charge in [0, 0.05) is 0 Å². The Morgan fingerprint density at radius 1 is 0.773 bits per heavy atom. The molecule has 0 saturated carbocycles. The SMILES string of the molecule is CCCCCCC(CCCCCCCCC(C)O)S(=O)(=O)O. The minimum absolute atomic E-state index is 0.205. The van der Waals surface area contributed by atoms with Crippen molar-refractivity contribution in [1.82, 2.24) is 0 Å². The molecule has 0 aromatic carbocycles. The monoisotopic (exact) mass is 336 g/mol. The summed E-state index contributed by atoms with van der Waals surface area (Å²) in [5, 5.41) is 8.58. The summed E-state index contributed by atoms with van der Waals surface area (Å²) in [5.41, 5.74) is 0. The molecule has 0 saturated heterocycles. The first-order valence-electron chi connectivity index (χ1n) is 9.02. The van der Waals surface area contributed by atoms with Crippen LogP contribution in [-0.4, -0.2) is 29.4 Å². The van der Waals surface area contributed by atoms with Crippen molar-refractivity contribution in [3.8, 4) is 0 Å². The fraction of sp³-hybridized carbons (Fsp3) is 1.00. The van der Waals surface area contributed by atoms with Crippen LogP contribution in [0.5, 0.6) is 0 Å². The molecule has 0 aliphatic rings. The highest BCUT2D eigenvalue weighted by atomic mass is 32.2.